The van der Waals surface area contributed by atoms with Crippen LogP contribution in [-0.2, 0) is 0 Å². The van der Waals surface area contributed by atoms with Gasteiger partial charge in [0.25, 0.3) is 0 Å². The highest BCUT2D eigenvalue weighted by molar-refractivity contribution is 4.31. The van der Waals surface area contributed by atoms with Gasteiger partial charge >= 0.3 is 0 Å². The summed E-state index contributed by atoms with van der Waals surface area (Å²) in [4.78, 5) is 0. The van der Waals surface area contributed by atoms with Crippen LogP contribution in [-0.4, -0.2) is 16.8 Å². The van der Waals surface area contributed by atoms with Gasteiger partial charge < -0.3 is 10.2 Å². The van der Waals surface area contributed by atoms with Crippen molar-refractivity contribution in [1.82, 2.24) is 0 Å². The summed E-state index contributed by atoms with van der Waals surface area (Å²) in [5, 5.41) is 15.1. The van der Waals surface area contributed by atoms with Gasteiger partial charge in [-0.05, 0) is 0 Å². The molecular formula is C2H5O2-. The first kappa shape index (κ1) is 3.92. The van der Waals surface area contributed by atoms with Crippen molar-refractivity contribution in [3.05, 3.63) is 6.61 Å². The van der Waals surface area contributed by atoms with E-state index >= 15 is 0 Å². The van der Waals surface area contributed by atoms with Crippen LogP contribution in [0.25, 0.3) is 0 Å². The first-order chi connectivity index (χ1) is 1.91. The number of aliphatic hydroxyl groups excluding tert-OH is 2. The second kappa shape index (κ2) is 2.92. The van der Waals surface area contributed by atoms with Crippen molar-refractivity contribution in [2.75, 3.05) is 6.61 Å². The summed E-state index contributed by atoms with van der Waals surface area (Å²) in [6.07, 6.45) is 0. The van der Waals surface area contributed by atoms with E-state index in [1.165, 1.54) is 0 Å². The molecule has 0 aliphatic heterocycles. The third-order valence-corrected chi connectivity index (χ3v) is 0.0816. The lowest BCUT2D eigenvalue weighted by atomic mass is 10.8. The number of hydrogen-bond acceptors (Lipinski definition) is 2. The molecule has 0 spiro atoms. The Balaban J connectivity index is 1.97. The normalized spacial score (nSPS) is 7.50. The molecule has 0 aromatic heterocycles. The predicted octanol–water partition coefficient (Wildman–Crippen LogP) is -0.487. The molecule has 0 saturated carbocycles. The summed E-state index contributed by atoms with van der Waals surface area (Å²) < 4.78 is 0. The van der Waals surface area contributed by atoms with Crippen molar-refractivity contribution >= 4 is 0 Å². The molecule has 0 radical (unpaired) electrons. The van der Waals surface area contributed by atoms with E-state index in [1.807, 2.05) is 0 Å². The summed E-state index contributed by atoms with van der Waals surface area (Å²) in [5.74, 6) is 0. The third-order valence-electron chi connectivity index (χ3n) is 0.0816. The molecule has 4 heavy (non-hydrogen) atoms. The highest BCUT2D eigenvalue weighted by atomic mass is 16.3. The monoisotopic (exact) mass is 61.0 g/mol. The largest absolute Gasteiger partial charge is 0.564 e. The zero-order valence-electron chi connectivity index (χ0n) is 2.18. The second-order valence-corrected chi connectivity index (χ2v) is 0.365. The predicted molar refractivity (Wildman–Crippen MR) is 13.3 cm³/mol. The van der Waals surface area contributed by atoms with Crippen LogP contribution in [0.3, 0.4) is 0 Å². The summed E-state index contributed by atoms with van der Waals surface area (Å²) in [6.45, 7) is 0.431. The van der Waals surface area contributed by atoms with Gasteiger partial charge in [-0.3, -0.25) is 0 Å². The number of hydrogen-bond donors (Lipinski definition) is 2. The molecular weight excluding hydrogens is 56.0 g/mol. The fourth-order valence-electron chi connectivity index (χ4n) is 0. The third kappa shape index (κ3) is 1.92. The van der Waals surface area contributed by atoms with E-state index in [1.54, 1.807) is 0 Å². The summed E-state index contributed by atoms with van der Waals surface area (Å²) in [5.41, 5.74) is 0. The summed E-state index contributed by atoms with van der Waals surface area (Å²) in [7, 11) is 0. The molecule has 2 heteroatoms. The quantitative estimate of drug-likeness (QED) is 0.402. The first-order valence-electron chi connectivity index (χ1n) is 0.983. The average Bonchev–Trinajstić information content (AvgIpc) is 1.37. The van der Waals surface area contributed by atoms with E-state index in [9.17, 15) is 0 Å². The first-order valence-corrected chi connectivity index (χ1v) is 0.983. The Morgan fingerprint density at radius 1 is 1.75 bits per heavy atom. The van der Waals surface area contributed by atoms with E-state index in [4.69, 9.17) is 10.2 Å². The molecule has 0 rings (SSSR count). The van der Waals surface area contributed by atoms with Crippen molar-refractivity contribution in [3.63, 3.8) is 0 Å². The van der Waals surface area contributed by atoms with Gasteiger partial charge in [0.2, 0.25) is 0 Å². The van der Waals surface area contributed by atoms with Gasteiger partial charge in [0, 0.05) is 0 Å². The molecule has 0 saturated heterocycles. The minimum absolute atomic E-state index is 0.250. The standard InChI is InChI=1S/C2H5O2/c3-1-2-4/h1,3-4H,2H2/q-1. The minimum Gasteiger partial charge on any atom is -0.564 e. The van der Waals surface area contributed by atoms with Crippen LogP contribution in [0.5, 0.6) is 0 Å². The van der Waals surface area contributed by atoms with E-state index < -0.39 is 0 Å². The second-order valence-electron chi connectivity index (χ2n) is 0.365. The Bertz CT molecular complexity index is 6.00. The molecule has 2 nitrogen and oxygen atoms in total. The molecule has 0 unspecified atom stereocenters. The average molecular weight is 61.1 g/mol. The van der Waals surface area contributed by atoms with E-state index in [-0.39, 0.29) is 6.61 Å². The van der Waals surface area contributed by atoms with Crippen LogP contribution in [0.1, 0.15) is 0 Å². The Morgan fingerprint density at radius 3 is 2.00 bits per heavy atom. The Labute approximate surface area is 24.7 Å². The fourth-order valence-corrected chi connectivity index (χ4v) is 0. The molecule has 0 aromatic carbocycles. The van der Waals surface area contributed by atoms with E-state index in [0.717, 1.165) is 0 Å². The lowest BCUT2D eigenvalue weighted by Gasteiger charge is -1.86. The highest BCUT2D eigenvalue weighted by Gasteiger charge is 1.41. The fraction of sp³-hybridized carbons (Fsp3) is 0.500. The maximum atomic E-state index is 7.57. The molecule has 2 N–H and O–H groups in total. The molecule has 0 aliphatic carbocycles. The Hall–Kier alpha value is -0.0800. The van der Waals surface area contributed by atoms with Crippen LogP contribution in [0.4, 0.5) is 0 Å². The van der Waals surface area contributed by atoms with Crippen LogP contribution in [0.15, 0.2) is 0 Å². The molecule has 0 aliphatic rings. The molecule has 0 heterocycles. The molecule has 0 amide bonds. The van der Waals surface area contributed by atoms with Gasteiger partial charge in [-0.25, -0.2) is 0 Å². The zero-order chi connectivity index (χ0) is 3.41. The van der Waals surface area contributed by atoms with Crippen LogP contribution < -0.4 is 0 Å². The van der Waals surface area contributed by atoms with Crippen molar-refractivity contribution in [1.29, 1.82) is 0 Å². The smallest absolute Gasteiger partial charge is 0.0583 e. The zero-order valence-corrected chi connectivity index (χ0v) is 2.18. The maximum Gasteiger partial charge on any atom is -0.0583 e. The minimum atomic E-state index is -0.250. The van der Waals surface area contributed by atoms with Gasteiger partial charge in [-0.1, -0.05) is 6.61 Å². The van der Waals surface area contributed by atoms with Gasteiger partial charge in [0.1, 0.15) is 0 Å². The molecule has 0 bridgehead atoms. The lowest BCUT2D eigenvalue weighted by Crippen LogP contribution is -1.75. The van der Waals surface area contributed by atoms with Gasteiger partial charge in [0.05, 0.1) is 0 Å². The Kier molecular flexibility index (Phi) is 2.86. The van der Waals surface area contributed by atoms with Gasteiger partial charge in [-0.15, -0.1) is 0 Å². The van der Waals surface area contributed by atoms with Crippen molar-refractivity contribution < 1.29 is 10.2 Å². The summed E-state index contributed by atoms with van der Waals surface area (Å²) >= 11 is 0. The van der Waals surface area contributed by atoms with Gasteiger partial charge in [-0.2, -0.15) is 6.61 Å². The summed E-state index contributed by atoms with van der Waals surface area (Å²) in [6, 6.07) is 0. The van der Waals surface area contributed by atoms with Crippen molar-refractivity contribution in [3.8, 4) is 0 Å². The van der Waals surface area contributed by atoms with Crippen molar-refractivity contribution in [2.45, 2.75) is 0 Å². The Morgan fingerprint density at radius 2 is 2.00 bits per heavy atom. The molecule has 0 fully saturated rings. The molecule has 26 valence electrons. The van der Waals surface area contributed by atoms with Gasteiger partial charge in [0.15, 0.2) is 0 Å². The maximum absolute atomic E-state index is 7.57. The number of rotatable bonds is 1. The van der Waals surface area contributed by atoms with E-state index in [0.29, 0.717) is 6.61 Å². The van der Waals surface area contributed by atoms with E-state index in [2.05, 4.69) is 0 Å². The molecule has 0 aromatic rings. The number of aliphatic hydroxyl groups is 2. The lowest BCUT2D eigenvalue weighted by molar-refractivity contribution is 0.244. The molecule has 0 atom stereocenters. The van der Waals surface area contributed by atoms with Crippen LogP contribution >= 0.6 is 0 Å². The SMILES string of the molecule is O[CH-]CO. The van der Waals surface area contributed by atoms with Crippen LogP contribution in [0, 0.1) is 6.61 Å². The van der Waals surface area contributed by atoms with Crippen molar-refractivity contribution in [2.24, 2.45) is 0 Å². The van der Waals surface area contributed by atoms with Crippen LogP contribution in [0.2, 0.25) is 0 Å². The highest BCUT2D eigenvalue weighted by Crippen LogP contribution is 1.51. The topological polar surface area (TPSA) is 40.5 Å².